The van der Waals surface area contributed by atoms with Gasteiger partial charge in [-0.1, -0.05) is 0 Å². The summed E-state index contributed by atoms with van der Waals surface area (Å²) < 4.78 is 5.16. The maximum absolute atomic E-state index is 12.6. The van der Waals surface area contributed by atoms with Gasteiger partial charge in [0.05, 0.1) is 0 Å². The Bertz CT molecular complexity index is 467. The number of rotatable bonds is 5. The van der Waals surface area contributed by atoms with E-state index >= 15 is 0 Å². The zero-order valence-corrected chi connectivity index (χ0v) is 12.1. The summed E-state index contributed by atoms with van der Waals surface area (Å²) in [6.07, 6.45) is 6.73. The Morgan fingerprint density at radius 3 is 3.05 bits per heavy atom. The summed E-state index contributed by atoms with van der Waals surface area (Å²) in [6.45, 7) is 1.56. The van der Waals surface area contributed by atoms with Gasteiger partial charge in [0.15, 0.2) is 0 Å². The third-order valence-corrected chi connectivity index (χ3v) is 4.38. The van der Waals surface area contributed by atoms with Crippen LogP contribution < -0.4 is 0 Å². The first-order chi connectivity index (χ1) is 9.79. The summed E-state index contributed by atoms with van der Waals surface area (Å²) in [5.41, 5.74) is 1.70. The highest BCUT2D eigenvalue weighted by molar-refractivity contribution is 5.92. The molecule has 0 aromatic carbocycles. The highest BCUT2D eigenvalue weighted by atomic mass is 16.5. The Balaban J connectivity index is 1.68. The van der Waals surface area contributed by atoms with Crippen molar-refractivity contribution >= 4 is 5.91 Å². The zero-order valence-electron chi connectivity index (χ0n) is 12.1. The number of hydrogen-bond donors (Lipinski definition) is 1. The smallest absolute Gasteiger partial charge is 0.274 e. The molecule has 5 nitrogen and oxygen atoms in total. The molecule has 1 N–H and O–H groups in total. The summed E-state index contributed by atoms with van der Waals surface area (Å²) in [6, 6.07) is 2.25. The molecule has 1 aromatic rings. The van der Waals surface area contributed by atoms with Crippen molar-refractivity contribution in [3.63, 3.8) is 0 Å². The maximum Gasteiger partial charge on any atom is 0.274 e. The van der Waals surface area contributed by atoms with Crippen LogP contribution in [0.5, 0.6) is 0 Å². The van der Waals surface area contributed by atoms with E-state index in [0.29, 0.717) is 24.3 Å². The number of piperidine rings is 1. The number of carbonyl (C=O) groups excluding carboxylic acids is 1. The number of amides is 1. The molecular weight excluding hydrogens is 254 g/mol. The number of nitrogens with one attached hydrogen (secondary N) is 1. The average molecular weight is 277 g/mol. The molecule has 1 aliphatic heterocycles. The zero-order chi connectivity index (χ0) is 13.9. The van der Waals surface area contributed by atoms with E-state index in [-0.39, 0.29) is 5.91 Å². The van der Waals surface area contributed by atoms with Crippen molar-refractivity contribution in [3.8, 4) is 0 Å². The van der Waals surface area contributed by atoms with Crippen LogP contribution in [-0.2, 0) is 4.74 Å². The van der Waals surface area contributed by atoms with Gasteiger partial charge in [-0.2, -0.15) is 5.10 Å². The summed E-state index contributed by atoms with van der Waals surface area (Å²) in [5.74, 6) is 0.684. The number of methoxy groups -OCH3 is 1. The molecule has 1 saturated carbocycles. The van der Waals surface area contributed by atoms with Crippen LogP contribution in [0.2, 0.25) is 0 Å². The first-order valence-corrected chi connectivity index (χ1v) is 7.65. The van der Waals surface area contributed by atoms with Gasteiger partial charge in [0.1, 0.15) is 5.69 Å². The van der Waals surface area contributed by atoms with E-state index in [9.17, 15) is 4.79 Å². The minimum absolute atomic E-state index is 0.0777. The number of aromatic nitrogens is 2. The second-order valence-corrected chi connectivity index (χ2v) is 5.91. The van der Waals surface area contributed by atoms with Crippen LogP contribution in [0.1, 0.15) is 60.6 Å². The molecule has 5 heteroatoms. The third kappa shape index (κ3) is 2.87. The molecule has 1 atom stereocenters. The van der Waals surface area contributed by atoms with Crippen molar-refractivity contribution in [1.29, 1.82) is 0 Å². The highest BCUT2D eigenvalue weighted by Crippen LogP contribution is 2.39. The molecule has 0 bridgehead atoms. The summed E-state index contributed by atoms with van der Waals surface area (Å²) in [7, 11) is 1.71. The highest BCUT2D eigenvalue weighted by Gasteiger charge is 2.31. The molecule has 1 aliphatic carbocycles. The molecule has 1 aromatic heterocycles. The van der Waals surface area contributed by atoms with Crippen molar-refractivity contribution in [2.45, 2.75) is 50.5 Å². The van der Waals surface area contributed by atoms with Crippen LogP contribution in [-0.4, -0.2) is 47.3 Å². The molecular formula is C15H23N3O2. The largest absolute Gasteiger partial charge is 0.385 e. The number of aromatic amines is 1. The van der Waals surface area contributed by atoms with Crippen LogP contribution in [0.4, 0.5) is 0 Å². The van der Waals surface area contributed by atoms with Gasteiger partial charge in [0.25, 0.3) is 5.91 Å². The van der Waals surface area contributed by atoms with Gasteiger partial charge in [-0.3, -0.25) is 9.89 Å². The van der Waals surface area contributed by atoms with Gasteiger partial charge in [-0.05, 0) is 44.6 Å². The lowest BCUT2D eigenvalue weighted by atomic mass is 9.99. The fraction of sp³-hybridized carbons (Fsp3) is 0.733. The fourth-order valence-electron chi connectivity index (χ4n) is 3.02. The van der Waals surface area contributed by atoms with Gasteiger partial charge < -0.3 is 9.64 Å². The van der Waals surface area contributed by atoms with Gasteiger partial charge in [-0.15, -0.1) is 0 Å². The van der Waals surface area contributed by atoms with Gasteiger partial charge in [-0.25, -0.2) is 0 Å². The van der Waals surface area contributed by atoms with E-state index in [1.807, 2.05) is 11.0 Å². The predicted octanol–water partition coefficient (Wildman–Crippen LogP) is 2.32. The minimum Gasteiger partial charge on any atom is -0.385 e. The fourth-order valence-corrected chi connectivity index (χ4v) is 3.02. The molecule has 110 valence electrons. The van der Waals surface area contributed by atoms with Gasteiger partial charge in [0.2, 0.25) is 0 Å². The lowest BCUT2D eigenvalue weighted by molar-refractivity contribution is 0.0547. The molecule has 2 aliphatic rings. The first kappa shape index (κ1) is 13.6. The van der Waals surface area contributed by atoms with Gasteiger partial charge >= 0.3 is 0 Å². The summed E-state index contributed by atoms with van der Waals surface area (Å²) in [4.78, 5) is 14.6. The lowest BCUT2D eigenvalue weighted by Gasteiger charge is -2.35. The van der Waals surface area contributed by atoms with Crippen LogP contribution >= 0.6 is 0 Å². The Kier molecular flexibility index (Phi) is 4.05. The average Bonchev–Trinajstić information content (AvgIpc) is 3.22. The van der Waals surface area contributed by atoms with Crippen molar-refractivity contribution in [3.05, 3.63) is 17.5 Å². The molecule has 2 fully saturated rings. The SMILES string of the molecule is COCC[C@H]1CCCCN1C(=O)c1cc(C2CC2)[nH]n1. The van der Waals surface area contributed by atoms with Crippen molar-refractivity contribution < 1.29 is 9.53 Å². The van der Waals surface area contributed by atoms with Crippen LogP contribution in [0.25, 0.3) is 0 Å². The molecule has 1 amide bonds. The van der Waals surface area contributed by atoms with Crippen LogP contribution in [0.3, 0.4) is 0 Å². The lowest BCUT2D eigenvalue weighted by Crippen LogP contribution is -2.44. The Morgan fingerprint density at radius 2 is 2.30 bits per heavy atom. The maximum atomic E-state index is 12.6. The Hall–Kier alpha value is -1.36. The standard InChI is InChI=1S/C15H23N3O2/c1-20-9-7-12-4-2-3-8-18(12)15(19)14-10-13(16-17-14)11-5-6-11/h10-12H,2-9H2,1H3,(H,16,17)/t12-/m1/s1. The number of likely N-dealkylation sites (tertiary alicyclic amines) is 1. The number of ether oxygens (including phenoxy) is 1. The van der Waals surface area contributed by atoms with E-state index in [2.05, 4.69) is 10.2 Å². The predicted molar refractivity (Wildman–Crippen MR) is 75.7 cm³/mol. The molecule has 2 heterocycles. The molecule has 0 unspecified atom stereocenters. The normalized spacial score (nSPS) is 23.1. The molecule has 0 spiro atoms. The van der Waals surface area contributed by atoms with Crippen molar-refractivity contribution in [2.24, 2.45) is 0 Å². The van der Waals surface area contributed by atoms with Crippen LogP contribution in [0, 0.1) is 0 Å². The molecule has 3 rings (SSSR count). The quantitative estimate of drug-likeness (QED) is 0.898. The number of hydrogen-bond acceptors (Lipinski definition) is 3. The second-order valence-electron chi connectivity index (χ2n) is 5.91. The molecule has 0 radical (unpaired) electrons. The van der Waals surface area contributed by atoms with Crippen LogP contribution in [0.15, 0.2) is 6.07 Å². The van der Waals surface area contributed by atoms with E-state index in [1.54, 1.807) is 7.11 Å². The molecule has 20 heavy (non-hydrogen) atoms. The monoisotopic (exact) mass is 277 g/mol. The van der Waals surface area contributed by atoms with Crippen molar-refractivity contribution in [1.82, 2.24) is 15.1 Å². The second kappa shape index (κ2) is 5.95. The van der Waals surface area contributed by atoms with Crippen molar-refractivity contribution in [2.75, 3.05) is 20.3 Å². The third-order valence-electron chi connectivity index (χ3n) is 4.38. The summed E-state index contributed by atoms with van der Waals surface area (Å²) in [5, 5.41) is 7.24. The Labute approximate surface area is 119 Å². The van der Waals surface area contributed by atoms with E-state index in [1.165, 1.54) is 19.3 Å². The number of H-pyrrole nitrogens is 1. The summed E-state index contributed by atoms with van der Waals surface area (Å²) >= 11 is 0. The Morgan fingerprint density at radius 1 is 1.45 bits per heavy atom. The van der Waals surface area contributed by atoms with Gasteiger partial charge in [0, 0.05) is 37.9 Å². The number of nitrogens with zero attached hydrogens (tertiary/aromatic N) is 2. The van der Waals surface area contributed by atoms with E-state index in [0.717, 1.165) is 31.5 Å². The van der Waals surface area contributed by atoms with E-state index in [4.69, 9.17) is 4.74 Å². The number of carbonyl (C=O) groups is 1. The first-order valence-electron chi connectivity index (χ1n) is 7.65. The minimum atomic E-state index is 0.0777. The topological polar surface area (TPSA) is 58.2 Å². The van der Waals surface area contributed by atoms with E-state index < -0.39 is 0 Å². The molecule has 1 saturated heterocycles.